The topological polar surface area (TPSA) is 110 Å². The van der Waals surface area contributed by atoms with E-state index in [1.807, 2.05) is 30.3 Å². The van der Waals surface area contributed by atoms with Crippen LogP contribution in [0.5, 0.6) is 0 Å². The SMILES string of the molecule is CCC(CC)(CNC(=O)c1nnn(-c2cccc3ncccc23)c1C)C(=O)O. The number of aliphatic carboxylic acids is 1. The minimum Gasteiger partial charge on any atom is -0.481 e. The molecule has 0 aliphatic carbocycles. The molecule has 0 spiro atoms. The molecule has 0 bridgehead atoms. The highest BCUT2D eigenvalue weighted by Gasteiger charge is 2.35. The second kappa shape index (κ2) is 7.75. The first-order valence-electron chi connectivity index (χ1n) is 9.21. The Kier molecular flexibility index (Phi) is 5.39. The molecule has 0 fully saturated rings. The van der Waals surface area contributed by atoms with Crippen molar-refractivity contribution in [1.82, 2.24) is 25.3 Å². The summed E-state index contributed by atoms with van der Waals surface area (Å²) in [6, 6.07) is 9.43. The first-order chi connectivity index (χ1) is 13.4. The van der Waals surface area contributed by atoms with Crippen molar-refractivity contribution >= 4 is 22.8 Å². The number of hydrogen-bond donors (Lipinski definition) is 2. The standard InChI is InChI=1S/C20H23N5O3/c1-4-20(5-2,19(27)28)12-22-18(26)17-13(3)25(24-23-17)16-10-6-9-15-14(16)8-7-11-21-15/h6-11H,4-5,12H2,1-3H3,(H,22,26)(H,27,28). The van der Waals surface area contributed by atoms with Gasteiger partial charge in [-0.05, 0) is 44.0 Å². The summed E-state index contributed by atoms with van der Waals surface area (Å²) in [5.74, 6) is -1.35. The van der Waals surface area contributed by atoms with E-state index in [1.54, 1.807) is 31.6 Å². The normalized spacial score (nSPS) is 11.5. The number of rotatable bonds is 7. The van der Waals surface area contributed by atoms with Crippen LogP contribution in [0.15, 0.2) is 36.5 Å². The van der Waals surface area contributed by atoms with Crippen molar-refractivity contribution in [1.29, 1.82) is 0 Å². The molecule has 8 heteroatoms. The summed E-state index contributed by atoms with van der Waals surface area (Å²) in [4.78, 5) is 28.6. The van der Waals surface area contributed by atoms with E-state index in [0.717, 1.165) is 16.6 Å². The Labute approximate surface area is 162 Å². The van der Waals surface area contributed by atoms with Crippen molar-refractivity contribution < 1.29 is 14.7 Å². The number of carboxylic acid groups (broad SMARTS) is 1. The number of pyridine rings is 1. The summed E-state index contributed by atoms with van der Waals surface area (Å²) < 4.78 is 1.60. The van der Waals surface area contributed by atoms with Gasteiger partial charge in [0.2, 0.25) is 0 Å². The number of benzene rings is 1. The van der Waals surface area contributed by atoms with Gasteiger partial charge in [-0.25, -0.2) is 4.68 Å². The third-order valence-corrected chi connectivity index (χ3v) is 5.36. The molecule has 0 radical (unpaired) electrons. The van der Waals surface area contributed by atoms with E-state index in [9.17, 15) is 14.7 Å². The molecule has 146 valence electrons. The van der Waals surface area contributed by atoms with E-state index in [2.05, 4.69) is 20.6 Å². The maximum atomic E-state index is 12.6. The Hall–Kier alpha value is -3.29. The minimum atomic E-state index is -0.985. The van der Waals surface area contributed by atoms with E-state index >= 15 is 0 Å². The summed E-state index contributed by atoms with van der Waals surface area (Å²) in [6.45, 7) is 5.41. The monoisotopic (exact) mass is 381 g/mol. The van der Waals surface area contributed by atoms with E-state index in [-0.39, 0.29) is 12.2 Å². The number of hydrogen-bond acceptors (Lipinski definition) is 5. The lowest BCUT2D eigenvalue weighted by atomic mass is 9.82. The molecular weight excluding hydrogens is 358 g/mol. The van der Waals surface area contributed by atoms with Gasteiger partial charge in [0.1, 0.15) is 0 Å². The number of nitrogens with zero attached hydrogens (tertiary/aromatic N) is 4. The fourth-order valence-electron chi connectivity index (χ4n) is 3.25. The molecule has 2 N–H and O–H groups in total. The summed E-state index contributed by atoms with van der Waals surface area (Å²) in [5, 5.41) is 21.3. The molecule has 2 aromatic heterocycles. The van der Waals surface area contributed by atoms with E-state index in [4.69, 9.17) is 0 Å². The highest BCUT2D eigenvalue weighted by Crippen LogP contribution is 2.26. The number of amides is 1. The Morgan fingerprint density at radius 1 is 1.18 bits per heavy atom. The zero-order valence-electron chi connectivity index (χ0n) is 16.1. The maximum Gasteiger partial charge on any atom is 0.311 e. The average Bonchev–Trinajstić information content (AvgIpc) is 3.09. The lowest BCUT2D eigenvalue weighted by Gasteiger charge is -2.26. The van der Waals surface area contributed by atoms with Gasteiger partial charge in [0, 0.05) is 18.1 Å². The van der Waals surface area contributed by atoms with E-state index < -0.39 is 17.3 Å². The van der Waals surface area contributed by atoms with Gasteiger partial charge >= 0.3 is 5.97 Å². The molecule has 1 amide bonds. The van der Waals surface area contributed by atoms with Gasteiger partial charge in [-0.2, -0.15) is 0 Å². The molecular formula is C20H23N5O3. The largest absolute Gasteiger partial charge is 0.481 e. The summed E-state index contributed by atoms with van der Waals surface area (Å²) in [7, 11) is 0. The number of carbonyl (C=O) groups is 2. The first kappa shape index (κ1) is 19.5. The van der Waals surface area contributed by atoms with Crippen molar-refractivity contribution in [2.45, 2.75) is 33.6 Å². The second-order valence-electron chi connectivity index (χ2n) is 6.76. The molecule has 3 rings (SSSR count). The van der Waals surface area contributed by atoms with Crippen molar-refractivity contribution in [3.8, 4) is 5.69 Å². The Morgan fingerprint density at radius 2 is 1.93 bits per heavy atom. The molecule has 8 nitrogen and oxygen atoms in total. The van der Waals surface area contributed by atoms with Gasteiger partial charge in [0.05, 0.1) is 22.3 Å². The number of carbonyl (C=O) groups excluding carboxylic acids is 1. The smallest absolute Gasteiger partial charge is 0.311 e. The molecule has 2 heterocycles. The second-order valence-corrected chi connectivity index (χ2v) is 6.76. The van der Waals surface area contributed by atoms with Crippen LogP contribution in [-0.4, -0.2) is 43.5 Å². The fourth-order valence-corrected chi connectivity index (χ4v) is 3.25. The van der Waals surface area contributed by atoms with E-state index in [1.165, 1.54) is 0 Å². The quantitative estimate of drug-likeness (QED) is 0.651. The summed E-state index contributed by atoms with van der Waals surface area (Å²) >= 11 is 0. The van der Waals surface area contributed by atoms with Crippen molar-refractivity contribution in [3.05, 3.63) is 47.9 Å². The molecule has 0 aliphatic rings. The molecule has 3 aromatic rings. The predicted octanol–water partition coefficient (Wildman–Crippen LogP) is 2.74. The molecule has 0 aliphatic heterocycles. The van der Waals surface area contributed by atoms with Crippen molar-refractivity contribution in [2.75, 3.05) is 6.54 Å². The zero-order chi connectivity index (χ0) is 20.3. The molecule has 0 unspecified atom stereocenters. The maximum absolute atomic E-state index is 12.6. The van der Waals surface area contributed by atoms with Crippen molar-refractivity contribution in [2.24, 2.45) is 5.41 Å². The number of fused-ring (bicyclic) bond motifs is 1. The Morgan fingerprint density at radius 3 is 2.61 bits per heavy atom. The van der Waals surface area contributed by atoms with Crippen LogP contribution in [0.4, 0.5) is 0 Å². The molecule has 1 aromatic carbocycles. The highest BCUT2D eigenvalue weighted by molar-refractivity contribution is 5.94. The van der Waals surface area contributed by atoms with Gasteiger partial charge in [-0.15, -0.1) is 5.10 Å². The third kappa shape index (κ3) is 3.33. The minimum absolute atomic E-state index is 0.0403. The van der Waals surface area contributed by atoms with Crippen molar-refractivity contribution in [3.63, 3.8) is 0 Å². The van der Waals surface area contributed by atoms with Crippen LogP contribution in [0.2, 0.25) is 0 Å². The van der Waals surface area contributed by atoms with Gasteiger partial charge in [-0.3, -0.25) is 14.6 Å². The summed E-state index contributed by atoms with van der Waals surface area (Å²) in [5.41, 5.74) is 1.35. The van der Waals surface area contributed by atoms with Gasteiger partial charge in [0.15, 0.2) is 5.69 Å². The third-order valence-electron chi connectivity index (χ3n) is 5.36. The molecule has 0 saturated carbocycles. The number of nitrogens with one attached hydrogen (secondary N) is 1. The van der Waals surface area contributed by atoms with Crippen LogP contribution in [0, 0.1) is 12.3 Å². The predicted molar refractivity (Wildman–Crippen MR) is 104 cm³/mol. The molecule has 28 heavy (non-hydrogen) atoms. The lowest BCUT2D eigenvalue weighted by Crippen LogP contribution is -2.42. The number of aromatic nitrogens is 4. The van der Waals surface area contributed by atoms with E-state index in [0.29, 0.717) is 18.5 Å². The molecule has 0 atom stereocenters. The average molecular weight is 381 g/mol. The lowest BCUT2D eigenvalue weighted by molar-refractivity contribution is -0.149. The summed E-state index contributed by atoms with van der Waals surface area (Å²) in [6.07, 6.45) is 2.57. The first-order valence-corrected chi connectivity index (χ1v) is 9.21. The van der Waals surface area contributed by atoms with Crippen LogP contribution in [0.1, 0.15) is 42.9 Å². The Bertz CT molecular complexity index is 1020. The zero-order valence-corrected chi connectivity index (χ0v) is 16.1. The van der Waals surface area contributed by atoms with Crippen LogP contribution in [0.25, 0.3) is 16.6 Å². The Balaban J connectivity index is 1.89. The highest BCUT2D eigenvalue weighted by atomic mass is 16.4. The molecule has 0 saturated heterocycles. The van der Waals surface area contributed by atoms with Crippen LogP contribution >= 0.6 is 0 Å². The van der Waals surface area contributed by atoms with Gasteiger partial charge in [0.25, 0.3) is 5.91 Å². The van der Waals surface area contributed by atoms with Gasteiger partial charge < -0.3 is 10.4 Å². The number of carboxylic acids is 1. The van der Waals surface area contributed by atoms with Crippen LogP contribution < -0.4 is 5.32 Å². The van der Waals surface area contributed by atoms with Crippen LogP contribution in [-0.2, 0) is 4.79 Å². The fraction of sp³-hybridized carbons (Fsp3) is 0.350. The van der Waals surface area contributed by atoms with Crippen LogP contribution in [0.3, 0.4) is 0 Å². The van der Waals surface area contributed by atoms with Gasteiger partial charge in [-0.1, -0.05) is 25.1 Å².